The highest BCUT2D eigenvalue weighted by molar-refractivity contribution is 7.09. The molecular formula is C13H18O2S. The third-order valence-corrected chi connectivity index (χ3v) is 4.31. The number of aryl methyl sites for hydroxylation is 1. The Morgan fingerprint density at radius 3 is 2.75 bits per heavy atom. The first kappa shape index (κ1) is 11.8. The van der Waals surface area contributed by atoms with Crippen LogP contribution in [-0.2, 0) is 11.2 Å². The van der Waals surface area contributed by atoms with E-state index >= 15 is 0 Å². The van der Waals surface area contributed by atoms with Gasteiger partial charge < -0.3 is 5.11 Å². The Kier molecular flexibility index (Phi) is 3.77. The van der Waals surface area contributed by atoms with Gasteiger partial charge in [0.25, 0.3) is 0 Å². The third kappa shape index (κ3) is 2.71. The summed E-state index contributed by atoms with van der Waals surface area (Å²) in [6.07, 6.45) is 5.71. The van der Waals surface area contributed by atoms with Crippen LogP contribution in [0.15, 0.2) is 17.5 Å². The second-order valence-electron chi connectivity index (χ2n) is 4.59. The van der Waals surface area contributed by atoms with Crippen LogP contribution in [-0.4, -0.2) is 16.5 Å². The van der Waals surface area contributed by atoms with E-state index in [-0.39, 0.29) is 5.78 Å². The van der Waals surface area contributed by atoms with Gasteiger partial charge in [-0.15, -0.1) is 11.3 Å². The van der Waals surface area contributed by atoms with Crippen molar-refractivity contribution in [3.05, 3.63) is 22.4 Å². The standard InChI is InChI=1S/C13H18O2S/c14-12(7-6-11-5-4-10-16-11)13(15)8-2-1-3-9-13/h4-5,10,15H,1-3,6-9H2. The number of rotatable bonds is 4. The highest BCUT2D eigenvalue weighted by atomic mass is 32.1. The Morgan fingerprint density at radius 2 is 2.12 bits per heavy atom. The van der Waals surface area contributed by atoms with Crippen molar-refractivity contribution in [2.24, 2.45) is 0 Å². The van der Waals surface area contributed by atoms with E-state index in [1.807, 2.05) is 17.5 Å². The van der Waals surface area contributed by atoms with Crippen molar-refractivity contribution in [1.29, 1.82) is 0 Å². The molecule has 0 radical (unpaired) electrons. The van der Waals surface area contributed by atoms with E-state index in [1.54, 1.807) is 11.3 Å². The van der Waals surface area contributed by atoms with Crippen molar-refractivity contribution in [3.8, 4) is 0 Å². The first-order valence-electron chi connectivity index (χ1n) is 5.99. The molecule has 0 spiro atoms. The molecule has 1 fully saturated rings. The fraction of sp³-hybridized carbons (Fsp3) is 0.615. The van der Waals surface area contributed by atoms with Crippen molar-refractivity contribution >= 4 is 17.1 Å². The van der Waals surface area contributed by atoms with Gasteiger partial charge in [-0.2, -0.15) is 0 Å². The van der Waals surface area contributed by atoms with Crippen molar-refractivity contribution < 1.29 is 9.90 Å². The number of Topliss-reactive ketones (excluding diaryl/α,β-unsaturated/α-hetero) is 1. The fourth-order valence-electron chi connectivity index (χ4n) is 2.34. The van der Waals surface area contributed by atoms with E-state index in [0.29, 0.717) is 19.3 Å². The Labute approximate surface area is 100 Å². The summed E-state index contributed by atoms with van der Waals surface area (Å²) >= 11 is 1.68. The lowest BCUT2D eigenvalue weighted by atomic mass is 9.80. The van der Waals surface area contributed by atoms with Crippen LogP contribution in [0, 0.1) is 0 Å². The first-order valence-corrected chi connectivity index (χ1v) is 6.87. The number of ketones is 1. The summed E-state index contributed by atoms with van der Waals surface area (Å²) in [5, 5.41) is 12.2. The largest absolute Gasteiger partial charge is 0.382 e. The smallest absolute Gasteiger partial charge is 0.164 e. The third-order valence-electron chi connectivity index (χ3n) is 3.38. The zero-order chi connectivity index (χ0) is 11.4. The second-order valence-corrected chi connectivity index (χ2v) is 5.63. The number of carbonyl (C=O) groups excluding carboxylic acids is 1. The minimum Gasteiger partial charge on any atom is -0.382 e. The molecule has 3 heteroatoms. The molecule has 0 saturated heterocycles. The minimum atomic E-state index is -1.00. The summed E-state index contributed by atoms with van der Waals surface area (Å²) in [5.74, 6) is 0.0422. The molecular weight excluding hydrogens is 220 g/mol. The summed E-state index contributed by atoms with van der Waals surface area (Å²) in [6, 6.07) is 4.04. The lowest BCUT2D eigenvalue weighted by Gasteiger charge is -2.30. The Hall–Kier alpha value is -0.670. The molecule has 1 aliphatic rings. The molecule has 0 aromatic carbocycles. The average Bonchev–Trinajstić information content (AvgIpc) is 2.79. The Bertz CT molecular complexity index is 337. The van der Waals surface area contributed by atoms with Crippen LogP contribution in [0.4, 0.5) is 0 Å². The van der Waals surface area contributed by atoms with Gasteiger partial charge in [0.15, 0.2) is 5.78 Å². The van der Waals surface area contributed by atoms with Gasteiger partial charge in [-0.3, -0.25) is 4.79 Å². The normalized spacial score (nSPS) is 19.6. The van der Waals surface area contributed by atoms with Gasteiger partial charge in [-0.05, 0) is 30.7 Å². The maximum atomic E-state index is 12.0. The summed E-state index contributed by atoms with van der Waals surface area (Å²) in [6.45, 7) is 0. The number of hydrogen-bond acceptors (Lipinski definition) is 3. The molecule has 0 amide bonds. The first-order chi connectivity index (χ1) is 7.71. The predicted molar refractivity (Wildman–Crippen MR) is 65.7 cm³/mol. The molecule has 0 bridgehead atoms. The average molecular weight is 238 g/mol. The quantitative estimate of drug-likeness (QED) is 0.875. The van der Waals surface area contributed by atoms with Crippen molar-refractivity contribution in [2.45, 2.75) is 50.5 Å². The maximum Gasteiger partial charge on any atom is 0.164 e. The van der Waals surface area contributed by atoms with Crippen LogP contribution >= 0.6 is 11.3 Å². The molecule has 16 heavy (non-hydrogen) atoms. The molecule has 2 rings (SSSR count). The van der Waals surface area contributed by atoms with Gasteiger partial charge in [-0.1, -0.05) is 25.3 Å². The zero-order valence-corrected chi connectivity index (χ0v) is 10.3. The van der Waals surface area contributed by atoms with E-state index in [0.717, 1.165) is 25.7 Å². The second kappa shape index (κ2) is 5.11. The van der Waals surface area contributed by atoms with E-state index in [1.165, 1.54) is 4.88 Å². The summed E-state index contributed by atoms with van der Waals surface area (Å²) in [4.78, 5) is 13.2. The topological polar surface area (TPSA) is 37.3 Å². The van der Waals surface area contributed by atoms with Gasteiger partial charge in [0.05, 0.1) is 0 Å². The zero-order valence-electron chi connectivity index (χ0n) is 9.45. The number of thiophene rings is 1. The molecule has 0 unspecified atom stereocenters. The maximum absolute atomic E-state index is 12.0. The van der Waals surface area contributed by atoms with Crippen LogP contribution in [0.1, 0.15) is 43.4 Å². The summed E-state index contributed by atoms with van der Waals surface area (Å²) in [5.41, 5.74) is -1.00. The molecule has 0 atom stereocenters. The van der Waals surface area contributed by atoms with Crippen molar-refractivity contribution in [1.82, 2.24) is 0 Å². The van der Waals surface area contributed by atoms with E-state index in [4.69, 9.17) is 0 Å². The molecule has 1 saturated carbocycles. The lowest BCUT2D eigenvalue weighted by Crippen LogP contribution is -2.40. The lowest BCUT2D eigenvalue weighted by molar-refractivity contribution is -0.140. The van der Waals surface area contributed by atoms with Gasteiger partial charge >= 0.3 is 0 Å². The summed E-state index contributed by atoms with van der Waals surface area (Å²) < 4.78 is 0. The molecule has 0 aliphatic heterocycles. The van der Waals surface area contributed by atoms with E-state index in [2.05, 4.69) is 0 Å². The monoisotopic (exact) mass is 238 g/mol. The van der Waals surface area contributed by atoms with Crippen molar-refractivity contribution in [2.75, 3.05) is 0 Å². The van der Waals surface area contributed by atoms with Crippen LogP contribution in [0.3, 0.4) is 0 Å². The van der Waals surface area contributed by atoms with Crippen LogP contribution < -0.4 is 0 Å². The number of aliphatic hydroxyl groups is 1. The Morgan fingerprint density at radius 1 is 1.38 bits per heavy atom. The minimum absolute atomic E-state index is 0.0422. The van der Waals surface area contributed by atoms with Crippen LogP contribution in [0.5, 0.6) is 0 Å². The van der Waals surface area contributed by atoms with E-state index < -0.39 is 5.60 Å². The van der Waals surface area contributed by atoms with E-state index in [9.17, 15) is 9.90 Å². The SMILES string of the molecule is O=C(CCc1cccs1)C1(O)CCCCC1. The molecule has 88 valence electrons. The molecule has 2 nitrogen and oxygen atoms in total. The molecule has 1 aliphatic carbocycles. The number of hydrogen-bond donors (Lipinski definition) is 1. The van der Waals surface area contributed by atoms with Crippen molar-refractivity contribution in [3.63, 3.8) is 0 Å². The highest BCUT2D eigenvalue weighted by Crippen LogP contribution is 2.30. The molecule has 1 heterocycles. The van der Waals surface area contributed by atoms with Gasteiger partial charge in [0.1, 0.15) is 5.60 Å². The Balaban J connectivity index is 1.87. The molecule has 1 N–H and O–H groups in total. The summed E-state index contributed by atoms with van der Waals surface area (Å²) in [7, 11) is 0. The fourth-order valence-corrected chi connectivity index (χ4v) is 3.05. The number of carbonyl (C=O) groups is 1. The van der Waals surface area contributed by atoms with Crippen LogP contribution in [0.2, 0.25) is 0 Å². The van der Waals surface area contributed by atoms with Gasteiger partial charge in [0, 0.05) is 11.3 Å². The predicted octanol–water partition coefficient (Wildman–Crippen LogP) is 2.95. The van der Waals surface area contributed by atoms with Crippen LogP contribution in [0.25, 0.3) is 0 Å². The van der Waals surface area contributed by atoms with Gasteiger partial charge in [0.2, 0.25) is 0 Å². The highest BCUT2D eigenvalue weighted by Gasteiger charge is 2.35. The molecule has 1 aromatic heterocycles. The van der Waals surface area contributed by atoms with Gasteiger partial charge in [-0.25, -0.2) is 0 Å². The molecule has 1 aromatic rings.